The molecule has 1 aromatic heterocycles. The standard InChI is InChI=1S/C16H19F3N4O2/c1-8-2-3-23(8)13-5-12(15(21-20-13)16(17,18)19)22-6-10-9(4-14(24)25)11(10)7-22/h5,8-11H,2-4,6-7H2,1H3,(H,24,25). The first kappa shape index (κ1) is 16.4. The molecule has 1 N–H and O–H groups in total. The van der Waals surface area contributed by atoms with Crippen LogP contribution in [0.5, 0.6) is 0 Å². The van der Waals surface area contributed by atoms with Crippen molar-refractivity contribution in [3.8, 4) is 0 Å². The molecule has 1 saturated carbocycles. The molecule has 1 aliphatic carbocycles. The molecule has 0 aromatic carbocycles. The predicted octanol–water partition coefficient (Wildman–Crippen LogP) is 2.25. The number of halogens is 3. The van der Waals surface area contributed by atoms with Crippen LogP contribution in [0, 0.1) is 17.8 Å². The Bertz CT molecular complexity index is 699. The van der Waals surface area contributed by atoms with Gasteiger partial charge in [0.2, 0.25) is 0 Å². The molecular weight excluding hydrogens is 337 g/mol. The van der Waals surface area contributed by atoms with Gasteiger partial charge in [0, 0.05) is 38.2 Å². The number of nitrogens with zero attached hydrogens (tertiary/aromatic N) is 4. The first-order valence-electron chi connectivity index (χ1n) is 8.44. The number of anilines is 2. The number of alkyl halides is 3. The Morgan fingerprint density at radius 2 is 2.00 bits per heavy atom. The Balaban J connectivity index is 1.58. The monoisotopic (exact) mass is 356 g/mol. The van der Waals surface area contributed by atoms with Crippen LogP contribution in [0.4, 0.5) is 24.7 Å². The van der Waals surface area contributed by atoms with Crippen LogP contribution in [-0.4, -0.2) is 46.9 Å². The van der Waals surface area contributed by atoms with Gasteiger partial charge >= 0.3 is 12.1 Å². The first-order chi connectivity index (χ1) is 11.8. The van der Waals surface area contributed by atoms with Gasteiger partial charge in [0.1, 0.15) is 0 Å². The van der Waals surface area contributed by atoms with Crippen molar-refractivity contribution in [1.82, 2.24) is 10.2 Å². The van der Waals surface area contributed by atoms with Gasteiger partial charge in [-0.1, -0.05) is 0 Å². The third-order valence-electron chi connectivity index (χ3n) is 5.77. The van der Waals surface area contributed by atoms with Crippen molar-refractivity contribution in [2.45, 2.75) is 32.0 Å². The highest BCUT2D eigenvalue weighted by atomic mass is 19.4. The summed E-state index contributed by atoms with van der Waals surface area (Å²) in [5.74, 6) is 0.0483. The molecule has 3 unspecified atom stereocenters. The quantitative estimate of drug-likeness (QED) is 0.892. The highest BCUT2D eigenvalue weighted by Gasteiger charge is 2.57. The lowest BCUT2D eigenvalue weighted by Crippen LogP contribution is -2.46. The van der Waals surface area contributed by atoms with Crippen LogP contribution in [0.25, 0.3) is 0 Å². The lowest BCUT2D eigenvalue weighted by Gasteiger charge is -2.40. The van der Waals surface area contributed by atoms with E-state index in [0.717, 1.165) is 13.0 Å². The van der Waals surface area contributed by atoms with Crippen LogP contribution in [0.3, 0.4) is 0 Å². The van der Waals surface area contributed by atoms with Gasteiger partial charge in [0.15, 0.2) is 11.5 Å². The molecule has 3 aliphatic rings. The van der Waals surface area contributed by atoms with E-state index in [0.29, 0.717) is 18.9 Å². The number of piperidine rings is 1. The Morgan fingerprint density at radius 3 is 2.48 bits per heavy atom. The predicted molar refractivity (Wildman–Crippen MR) is 83.4 cm³/mol. The summed E-state index contributed by atoms with van der Waals surface area (Å²) in [6.45, 7) is 3.68. The number of carbonyl (C=O) groups is 1. The number of rotatable bonds is 4. The van der Waals surface area contributed by atoms with Gasteiger partial charge in [0.05, 0.1) is 5.69 Å². The van der Waals surface area contributed by atoms with Crippen molar-refractivity contribution in [3.05, 3.63) is 11.8 Å². The molecule has 1 aromatic rings. The molecule has 25 heavy (non-hydrogen) atoms. The number of aromatic nitrogens is 2. The number of hydrogen-bond donors (Lipinski definition) is 1. The summed E-state index contributed by atoms with van der Waals surface area (Å²) in [4.78, 5) is 14.5. The first-order valence-corrected chi connectivity index (χ1v) is 8.44. The third-order valence-corrected chi connectivity index (χ3v) is 5.77. The zero-order valence-corrected chi connectivity index (χ0v) is 13.7. The largest absolute Gasteiger partial charge is 0.481 e. The van der Waals surface area contributed by atoms with Crippen LogP contribution in [0.1, 0.15) is 25.5 Å². The minimum absolute atomic E-state index is 0.0675. The minimum atomic E-state index is -4.56. The zero-order chi connectivity index (χ0) is 17.9. The minimum Gasteiger partial charge on any atom is -0.481 e. The average molecular weight is 356 g/mol. The van der Waals surface area contributed by atoms with Gasteiger partial charge in [-0.3, -0.25) is 4.79 Å². The maximum Gasteiger partial charge on any atom is 0.437 e. The molecule has 6 nitrogen and oxygen atoms in total. The lowest BCUT2D eigenvalue weighted by molar-refractivity contribution is -0.141. The summed E-state index contributed by atoms with van der Waals surface area (Å²) >= 11 is 0. The van der Waals surface area contributed by atoms with Crippen molar-refractivity contribution >= 4 is 17.5 Å². The molecule has 3 heterocycles. The summed E-state index contributed by atoms with van der Waals surface area (Å²) in [6.07, 6.45) is -3.47. The van der Waals surface area contributed by atoms with Crippen LogP contribution >= 0.6 is 0 Å². The maximum atomic E-state index is 13.3. The van der Waals surface area contributed by atoms with E-state index in [-0.39, 0.29) is 35.9 Å². The molecule has 2 saturated heterocycles. The normalized spacial score (nSPS) is 30.9. The van der Waals surface area contributed by atoms with Crippen LogP contribution < -0.4 is 9.80 Å². The Morgan fingerprint density at radius 1 is 1.32 bits per heavy atom. The SMILES string of the molecule is CC1CCN1c1cc(N2CC3C(CC(=O)O)C3C2)c(C(F)(F)F)nn1. The zero-order valence-electron chi connectivity index (χ0n) is 13.7. The van der Waals surface area contributed by atoms with Gasteiger partial charge in [-0.05, 0) is 31.1 Å². The average Bonchev–Trinajstić information content (AvgIpc) is 2.94. The molecular formula is C16H19F3N4O2. The van der Waals surface area contributed by atoms with Crippen molar-refractivity contribution < 1.29 is 23.1 Å². The number of carboxylic acids is 1. The van der Waals surface area contributed by atoms with Gasteiger partial charge in [-0.2, -0.15) is 13.2 Å². The van der Waals surface area contributed by atoms with E-state index in [2.05, 4.69) is 10.2 Å². The van der Waals surface area contributed by atoms with Crippen LogP contribution in [0.15, 0.2) is 6.07 Å². The summed E-state index contributed by atoms with van der Waals surface area (Å²) < 4.78 is 40.0. The topological polar surface area (TPSA) is 69.6 Å². The van der Waals surface area contributed by atoms with E-state index in [4.69, 9.17) is 5.11 Å². The molecule has 3 fully saturated rings. The molecule has 2 aliphatic heterocycles. The fraction of sp³-hybridized carbons (Fsp3) is 0.688. The molecule has 0 radical (unpaired) electrons. The van der Waals surface area contributed by atoms with E-state index >= 15 is 0 Å². The van der Waals surface area contributed by atoms with Crippen molar-refractivity contribution in [3.63, 3.8) is 0 Å². The molecule has 0 spiro atoms. The second-order valence-corrected chi connectivity index (χ2v) is 7.26. The molecule has 3 atom stereocenters. The number of hydrogen-bond acceptors (Lipinski definition) is 5. The van der Waals surface area contributed by atoms with E-state index in [1.807, 2.05) is 11.8 Å². The second-order valence-electron chi connectivity index (χ2n) is 7.26. The molecule has 136 valence electrons. The highest BCUT2D eigenvalue weighted by molar-refractivity contribution is 5.68. The maximum absolute atomic E-state index is 13.3. The van der Waals surface area contributed by atoms with E-state index < -0.39 is 17.8 Å². The Hall–Kier alpha value is -2.06. The molecule has 0 bridgehead atoms. The van der Waals surface area contributed by atoms with Crippen molar-refractivity contribution in [2.24, 2.45) is 17.8 Å². The Kier molecular flexibility index (Phi) is 3.59. The summed E-state index contributed by atoms with van der Waals surface area (Å²) in [5, 5.41) is 16.2. The van der Waals surface area contributed by atoms with Gasteiger partial charge < -0.3 is 14.9 Å². The smallest absolute Gasteiger partial charge is 0.437 e. The molecule has 4 rings (SSSR count). The number of carboxylic acid groups (broad SMARTS) is 1. The molecule has 9 heteroatoms. The van der Waals surface area contributed by atoms with Gasteiger partial charge in [-0.15, -0.1) is 10.2 Å². The van der Waals surface area contributed by atoms with Gasteiger partial charge in [0.25, 0.3) is 0 Å². The second kappa shape index (κ2) is 5.47. The number of aliphatic carboxylic acids is 1. The van der Waals surface area contributed by atoms with Crippen LogP contribution in [-0.2, 0) is 11.0 Å². The highest BCUT2D eigenvalue weighted by Crippen LogP contribution is 2.55. The fourth-order valence-corrected chi connectivity index (χ4v) is 4.16. The summed E-state index contributed by atoms with van der Waals surface area (Å²) in [7, 11) is 0. The van der Waals surface area contributed by atoms with E-state index in [1.54, 1.807) is 4.90 Å². The molecule has 0 amide bonds. The van der Waals surface area contributed by atoms with Crippen molar-refractivity contribution in [2.75, 3.05) is 29.4 Å². The Labute approximate surface area is 142 Å². The number of fused-ring (bicyclic) bond motifs is 1. The van der Waals surface area contributed by atoms with E-state index in [9.17, 15) is 18.0 Å². The van der Waals surface area contributed by atoms with Crippen LogP contribution in [0.2, 0.25) is 0 Å². The van der Waals surface area contributed by atoms with E-state index in [1.165, 1.54) is 6.07 Å². The summed E-state index contributed by atoms with van der Waals surface area (Å²) in [5.41, 5.74) is -0.890. The van der Waals surface area contributed by atoms with Crippen molar-refractivity contribution in [1.29, 1.82) is 0 Å². The lowest BCUT2D eigenvalue weighted by atomic mass is 10.1. The third kappa shape index (κ3) is 2.79. The fourth-order valence-electron chi connectivity index (χ4n) is 4.16. The summed E-state index contributed by atoms with van der Waals surface area (Å²) in [6, 6.07) is 1.74. The van der Waals surface area contributed by atoms with Gasteiger partial charge in [-0.25, -0.2) is 0 Å².